The van der Waals surface area contributed by atoms with Gasteiger partial charge in [0.05, 0.1) is 0 Å². The molecule has 2 aromatic carbocycles. The standard InChI is InChI=1S/C18H19NO2/c1-13-2-4-14(5-3-13)12-21-17-10-8-16(9-11-17)19-18(20)15-6-7-15/h2-5,8-11,15H,6-7,12H2,1H3,(H,19,20). The van der Waals surface area contributed by atoms with Crippen molar-refractivity contribution < 1.29 is 9.53 Å². The zero-order chi connectivity index (χ0) is 14.7. The molecule has 2 aromatic rings. The zero-order valence-electron chi connectivity index (χ0n) is 12.1. The van der Waals surface area contributed by atoms with Crippen molar-refractivity contribution in [3.63, 3.8) is 0 Å². The number of hydrogen-bond acceptors (Lipinski definition) is 2. The molecule has 3 nitrogen and oxygen atoms in total. The predicted octanol–water partition coefficient (Wildman–Crippen LogP) is 3.92. The van der Waals surface area contributed by atoms with Gasteiger partial charge in [-0.1, -0.05) is 29.8 Å². The van der Waals surface area contributed by atoms with Crippen LogP contribution in [0.1, 0.15) is 24.0 Å². The lowest BCUT2D eigenvalue weighted by Crippen LogP contribution is -2.13. The second-order valence-corrected chi connectivity index (χ2v) is 5.56. The number of carbonyl (C=O) groups excluding carboxylic acids is 1. The topological polar surface area (TPSA) is 38.3 Å². The van der Waals surface area contributed by atoms with E-state index >= 15 is 0 Å². The van der Waals surface area contributed by atoms with Gasteiger partial charge in [-0.15, -0.1) is 0 Å². The summed E-state index contributed by atoms with van der Waals surface area (Å²) in [6, 6.07) is 15.8. The molecule has 0 unspecified atom stereocenters. The van der Waals surface area contributed by atoms with Gasteiger partial charge in [0, 0.05) is 11.6 Å². The first-order valence-corrected chi connectivity index (χ1v) is 7.30. The monoisotopic (exact) mass is 281 g/mol. The van der Waals surface area contributed by atoms with Crippen LogP contribution < -0.4 is 10.1 Å². The fourth-order valence-corrected chi connectivity index (χ4v) is 2.08. The fourth-order valence-electron chi connectivity index (χ4n) is 2.08. The Morgan fingerprint density at radius 1 is 1.10 bits per heavy atom. The summed E-state index contributed by atoms with van der Waals surface area (Å²) in [5.74, 6) is 1.16. The van der Waals surface area contributed by atoms with Crippen LogP contribution >= 0.6 is 0 Å². The highest BCUT2D eigenvalue weighted by molar-refractivity contribution is 5.94. The minimum atomic E-state index is 0.128. The third-order valence-corrected chi connectivity index (χ3v) is 3.60. The third-order valence-electron chi connectivity index (χ3n) is 3.60. The summed E-state index contributed by atoms with van der Waals surface area (Å²) >= 11 is 0. The van der Waals surface area contributed by atoms with Crippen molar-refractivity contribution in [2.45, 2.75) is 26.4 Å². The number of hydrogen-bond donors (Lipinski definition) is 1. The summed E-state index contributed by atoms with van der Waals surface area (Å²) in [4.78, 5) is 11.7. The quantitative estimate of drug-likeness (QED) is 0.902. The van der Waals surface area contributed by atoms with Crippen LogP contribution in [-0.4, -0.2) is 5.91 Å². The number of carbonyl (C=O) groups is 1. The van der Waals surface area contributed by atoms with Crippen LogP contribution in [0, 0.1) is 12.8 Å². The van der Waals surface area contributed by atoms with Crippen LogP contribution in [0.5, 0.6) is 5.75 Å². The Morgan fingerprint density at radius 2 is 1.76 bits per heavy atom. The van der Waals surface area contributed by atoms with Gasteiger partial charge in [0.2, 0.25) is 5.91 Å². The lowest BCUT2D eigenvalue weighted by Gasteiger charge is -2.08. The second kappa shape index (κ2) is 6.00. The lowest BCUT2D eigenvalue weighted by atomic mass is 10.2. The van der Waals surface area contributed by atoms with Gasteiger partial charge in [0.1, 0.15) is 12.4 Å². The molecule has 0 heterocycles. The van der Waals surface area contributed by atoms with Crippen molar-refractivity contribution in [2.24, 2.45) is 5.92 Å². The molecule has 0 spiro atoms. The van der Waals surface area contributed by atoms with E-state index in [1.807, 2.05) is 24.3 Å². The number of anilines is 1. The van der Waals surface area contributed by atoms with Gasteiger partial charge in [0.25, 0.3) is 0 Å². The van der Waals surface area contributed by atoms with E-state index in [2.05, 4.69) is 36.5 Å². The molecule has 3 heteroatoms. The van der Waals surface area contributed by atoms with Crippen molar-refractivity contribution >= 4 is 11.6 Å². The van der Waals surface area contributed by atoms with Crippen LogP contribution in [0.25, 0.3) is 0 Å². The average molecular weight is 281 g/mol. The number of rotatable bonds is 5. The summed E-state index contributed by atoms with van der Waals surface area (Å²) in [7, 11) is 0. The van der Waals surface area contributed by atoms with Crippen LogP contribution in [0.15, 0.2) is 48.5 Å². The number of amides is 1. The molecular weight excluding hydrogens is 262 g/mol. The Hall–Kier alpha value is -2.29. The summed E-state index contributed by atoms with van der Waals surface area (Å²) in [5, 5.41) is 2.92. The van der Waals surface area contributed by atoms with Gasteiger partial charge in [-0.05, 0) is 49.6 Å². The fraction of sp³-hybridized carbons (Fsp3) is 0.278. The van der Waals surface area contributed by atoms with Crippen molar-refractivity contribution in [1.29, 1.82) is 0 Å². The maximum Gasteiger partial charge on any atom is 0.227 e. The van der Waals surface area contributed by atoms with E-state index in [4.69, 9.17) is 4.74 Å². The van der Waals surface area contributed by atoms with Crippen molar-refractivity contribution in [2.75, 3.05) is 5.32 Å². The third kappa shape index (κ3) is 3.85. The minimum absolute atomic E-state index is 0.128. The predicted molar refractivity (Wildman–Crippen MR) is 83.3 cm³/mol. The summed E-state index contributed by atoms with van der Waals surface area (Å²) in [5.41, 5.74) is 3.22. The Kier molecular flexibility index (Phi) is 3.91. The van der Waals surface area contributed by atoms with Crippen LogP contribution in [0.2, 0.25) is 0 Å². The first kappa shape index (κ1) is 13.7. The van der Waals surface area contributed by atoms with E-state index in [9.17, 15) is 4.79 Å². The molecule has 0 aliphatic heterocycles. The molecule has 0 radical (unpaired) electrons. The second-order valence-electron chi connectivity index (χ2n) is 5.56. The van der Waals surface area contributed by atoms with Crippen molar-refractivity contribution in [1.82, 2.24) is 0 Å². The maximum atomic E-state index is 11.7. The molecule has 1 aliphatic rings. The average Bonchev–Trinajstić information content (AvgIpc) is 3.33. The number of benzene rings is 2. The van der Waals surface area contributed by atoms with Crippen molar-refractivity contribution in [3.8, 4) is 5.75 Å². The molecule has 3 rings (SSSR count). The highest BCUT2D eigenvalue weighted by atomic mass is 16.5. The molecule has 0 saturated heterocycles. The summed E-state index contributed by atoms with van der Waals surface area (Å²) in [6.45, 7) is 2.62. The van der Waals surface area contributed by atoms with Gasteiger partial charge < -0.3 is 10.1 Å². The highest BCUT2D eigenvalue weighted by Gasteiger charge is 2.29. The minimum Gasteiger partial charge on any atom is -0.489 e. The zero-order valence-corrected chi connectivity index (χ0v) is 12.1. The van der Waals surface area contributed by atoms with Crippen molar-refractivity contribution in [3.05, 3.63) is 59.7 Å². The van der Waals surface area contributed by atoms with E-state index in [1.165, 1.54) is 5.56 Å². The Morgan fingerprint density at radius 3 is 2.38 bits per heavy atom. The molecule has 1 amide bonds. The first-order chi connectivity index (χ1) is 10.2. The van der Waals surface area contributed by atoms with Gasteiger partial charge in [0.15, 0.2) is 0 Å². The summed E-state index contributed by atoms with van der Waals surface area (Å²) in [6.07, 6.45) is 2.03. The van der Waals surface area contributed by atoms with Gasteiger partial charge in [-0.2, -0.15) is 0 Å². The molecular formula is C18H19NO2. The lowest BCUT2D eigenvalue weighted by molar-refractivity contribution is -0.117. The van der Waals surface area contributed by atoms with Gasteiger partial charge >= 0.3 is 0 Å². The maximum absolute atomic E-state index is 11.7. The van der Waals surface area contributed by atoms with E-state index in [1.54, 1.807) is 0 Å². The molecule has 1 N–H and O–H groups in total. The Balaban J connectivity index is 1.54. The van der Waals surface area contributed by atoms with Crippen LogP contribution in [0.4, 0.5) is 5.69 Å². The summed E-state index contributed by atoms with van der Waals surface area (Å²) < 4.78 is 5.74. The Labute approximate surface area is 124 Å². The van der Waals surface area contributed by atoms with Crippen LogP contribution in [0.3, 0.4) is 0 Å². The van der Waals surface area contributed by atoms with E-state index < -0.39 is 0 Å². The molecule has 0 atom stereocenters. The molecule has 1 saturated carbocycles. The smallest absolute Gasteiger partial charge is 0.227 e. The van der Waals surface area contributed by atoms with E-state index in [-0.39, 0.29) is 11.8 Å². The van der Waals surface area contributed by atoms with Crippen LogP contribution in [-0.2, 0) is 11.4 Å². The number of ether oxygens (including phenoxy) is 1. The molecule has 0 bridgehead atoms. The normalized spacial score (nSPS) is 13.8. The van der Waals surface area contributed by atoms with E-state index in [0.29, 0.717) is 6.61 Å². The molecule has 1 fully saturated rings. The van der Waals surface area contributed by atoms with E-state index in [0.717, 1.165) is 29.8 Å². The molecule has 108 valence electrons. The number of aryl methyl sites for hydroxylation is 1. The first-order valence-electron chi connectivity index (χ1n) is 7.30. The Bertz CT molecular complexity index is 613. The number of nitrogens with one attached hydrogen (secondary N) is 1. The molecule has 1 aliphatic carbocycles. The van der Waals surface area contributed by atoms with Gasteiger partial charge in [-0.25, -0.2) is 0 Å². The largest absolute Gasteiger partial charge is 0.489 e. The van der Waals surface area contributed by atoms with Gasteiger partial charge in [-0.3, -0.25) is 4.79 Å². The SMILES string of the molecule is Cc1ccc(COc2ccc(NC(=O)C3CC3)cc2)cc1. The molecule has 21 heavy (non-hydrogen) atoms. The molecule has 0 aromatic heterocycles. The highest BCUT2D eigenvalue weighted by Crippen LogP contribution is 2.30.